The minimum atomic E-state index is -0.695. The molecule has 1 aromatic rings. The normalized spacial score (nSPS) is 18.8. The zero-order valence-electron chi connectivity index (χ0n) is 10.3. The van der Waals surface area contributed by atoms with E-state index < -0.39 is 5.41 Å². The fraction of sp³-hybridized carbons (Fsp3) is 0.462. The first-order valence-corrected chi connectivity index (χ1v) is 5.79. The maximum Gasteiger partial charge on any atom is 0.234 e. The molecule has 1 unspecified atom stereocenters. The zero-order valence-corrected chi connectivity index (χ0v) is 10.3. The van der Waals surface area contributed by atoms with Gasteiger partial charge in [0.25, 0.3) is 0 Å². The molecule has 1 aromatic carbocycles. The van der Waals surface area contributed by atoms with Crippen molar-refractivity contribution in [3.63, 3.8) is 0 Å². The van der Waals surface area contributed by atoms with Gasteiger partial charge in [-0.15, -0.1) is 0 Å². The summed E-state index contributed by atoms with van der Waals surface area (Å²) in [7, 11) is 0. The first-order chi connectivity index (χ1) is 7.87. The van der Waals surface area contributed by atoms with E-state index in [1.54, 1.807) is 13.8 Å². The molecule has 0 spiro atoms. The number of halogens is 1. The highest BCUT2D eigenvalue weighted by Crippen LogP contribution is 2.41. The molecule has 1 aliphatic heterocycles. The highest BCUT2D eigenvalue weighted by molar-refractivity contribution is 6.06. The van der Waals surface area contributed by atoms with E-state index in [1.165, 1.54) is 12.1 Å². The van der Waals surface area contributed by atoms with Crippen LogP contribution in [0.15, 0.2) is 12.1 Å². The van der Waals surface area contributed by atoms with Crippen LogP contribution >= 0.6 is 0 Å². The van der Waals surface area contributed by atoms with Crippen LogP contribution in [0.25, 0.3) is 0 Å². The Balaban J connectivity index is 2.64. The fourth-order valence-corrected chi connectivity index (χ4v) is 2.16. The average Bonchev–Trinajstić information content (AvgIpc) is 2.50. The quantitative estimate of drug-likeness (QED) is 0.828. The van der Waals surface area contributed by atoms with Crippen molar-refractivity contribution >= 4 is 11.6 Å². The summed E-state index contributed by atoms with van der Waals surface area (Å²) in [6.07, 6.45) is 0.701. The summed E-state index contributed by atoms with van der Waals surface area (Å²) in [4.78, 5) is 11.9. The number of nitrogens with two attached hydrogens (primary N) is 1. The van der Waals surface area contributed by atoms with Crippen LogP contribution in [0.3, 0.4) is 0 Å². The molecule has 17 heavy (non-hydrogen) atoms. The minimum absolute atomic E-state index is 0.109. The van der Waals surface area contributed by atoms with E-state index in [0.29, 0.717) is 23.2 Å². The Labute approximate surface area is 100 Å². The Morgan fingerprint density at radius 2 is 2.12 bits per heavy atom. The zero-order chi connectivity index (χ0) is 12.8. The maximum absolute atomic E-state index is 13.6. The smallest absolute Gasteiger partial charge is 0.234 e. The standard InChI is InChI=1S/C13H17FN2O/c1-4-10(15)8-5-7(14)6-9-11(8)16-12(17)13(9,2)3/h5-6,10H,4,15H2,1-3H3,(H,16,17). The third kappa shape index (κ3) is 1.72. The molecule has 1 atom stereocenters. The van der Waals surface area contributed by atoms with Gasteiger partial charge in [-0.2, -0.15) is 0 Å². The predicted molar refractivity (Wildman–Crippen MR) is 65.3 cm³/mol. The van der Waals surface area contributed by atoms with E-state index in [1.807, 2.05) is 6.92 Å². The van der Waals surface area contributed by atoms with Crippen LogP contribution in [0.4, 0.5) is 10.1 Å². The number of hydrogen-bond acceptors (Lipinski definition) is 2. The molecule has 0 fully saturated rings. The van der Waals surface area contributed by atoms with Gasteiger partial charge in [-0.1, -0.05) is 6.92 Å². The first kappa shape index (κ1) is 12.0. The minimum Gasteiger partial charge on any atom is -0.325 e. The van der Waals surface area contributed by atoms with Crippen molar-refractivity contribution < 1.29 is 9.18 Å². The second-order valence-electron chi connectivity index (χ2n) is 5.01. The topological polar surface area (TPSA) is 55.1 Å². The monoisotopic (exact) mass is 236 g/mol. The van der Waals surface area contributed by atoms with Crippen molar-refractivity contribution in [1.82, 2.24) is 0 Å². The Morgan fingerprint density at radius 3 is 2.71 bits per heavy atom. The van der Waals surface area contributed by atoms with Gasteiger partial charge >= 0.3 is 0 Å². The van der Waals surface area contributed by atoms with Crippen LogP contribution in [-0.2, 0) is 10.2 Å². The van der Waals surface area contributed by atoms with E-state index in [0.717, 1.165) is 0 Å². The van der Waals surface area contributed by atoms with Crippen molar-refractivity contribution in [3.05, 3.63) is 29.1 Å². The molecule has 3 nitrogen and oxygen atoms in total. The second-order valence-corrected chi connectivity index (χ2v) is 5.01. The number of carbonyl (C=O) groups excluding carboxylic acids is 1. The number of benzene rings is 1. The summed E-state index contributed by atoms with van der Waals surface area (Å²) in [5, 5.41) is 2.81. The highest BCUT2D eigenvalue weighted by atomic mass is 19.1. The molecule has 92 valence electrons. The third-order valence-electron chi connectivity index (χ3n) is 3.45. The Morgan fingerprint density at radius 1 is 1.47 bits per heavy atom. The maximum atomic E-state index is 13.6. The summed E-state index contributed by atoms with van der Waals surface area (Å²) in [5.74, 6) is -0.449. The summed E-state index contributed by atoms with van der Waals surface area (Å²) in [6.45, 7) is 5.51. The summed E-state index contributed by atoms with van der Waals surface area (Å²) >= 11 is 0. The van der Waals surface area contributed by atoms with Crippen molar-refractivity contribution in [1.29, 1.82) is 0 Å². The Hall–Kier alpha value is -1.42. The number of nitrogens with one attached hydrogen (secondary N) is 1. The van der Waals surface area contributed by atoms with Gasteiger partial charge in [0.15, 0.2) is 0 Å². The fourth-order valence-electron chi connectivity index (χ4n) is 2.16. The SMILES string of the molecule is CCC(N)c1cc(F)cc2c1NC(=O)C2(C)C. The van der Waals surface area contributed by atoms with Gasteiger partial charge in [0.05, 0.1) is 11.1 Å². The summed E-state index contributed by atoms with van der Waals surface area (Å²) < 4.78 is 13.6. The molecule has 0 saturated heterocycles. The third-order valence-corrected chi connectivity index (χ3v) is 3.45. The van der Waals surface area contributed by atoms with Gasteiger partial charge in [0, 0.05) is 6.04 Å². The lowest BCUT2D eigenvalue weighted by molar-refractivity contribution is -0.119. The molecule has 0 aromatic heterocycles. The first-order valence-electron chi connectivity index (χ1n) is 5.79. The number of amides is 1. The lowest BCUT2D eigenvalue weighted by Gasteiger charge is -2.17. The van der Waals surface area contributed by atoms with Crippen LogP contribution in [0.1, 0.15) is 44.4 Å². The van der Waals surface area contributed by atoms with Gasteiger partial charge in [-0.25, -0.2) is 4.39 Å². The molecule has 0 bridgehead atoms. The largest absolute Gasteiger partial charge is 0.325 e. The van der Waals surface area contributed by atoms with Gasteiger partial charge in [0.2, 0.25) is 5.91 Å². The van der Waals surface area contributed by atoms with Crippen LogP contribution < -0.4 is 11.1 Å². The van der Waals surface area contributed by atoms with Crippen LogP contribution in [-0.4, -0.2) is 5.91 Å². The summed E-state index contributed by atoms with van der Waals surface area (Å²) in [6, 6.07) is 2.57. The predicted octanol–water partition coefficient (Wildman–Crippen LogP) is 2.47. The lowest BCUT2D eigenvalue weighted by Crippen LogP contribution is -2.26. The van der Waals surface area contributed by atoms with E-state index in [2.05, 4.69) is 5.32 Å². The average molecular weight is 236 g/mol. The van der Waals surface area contributed by atoms with Crippen LogP contribution in [0.5, 0.6) is 0 Å². The lowest BCUT2D eigenvalue weighted by atomic mass is 9.84. The van der Waals surface area contributed by atoms with Crippen molar-refractivity contribution in [3.8, 4) is 0 Å². The number of anilines is 1. The number of fused-ring (bicyclic) bond motifs is 1. The molecule has 4 heteroatoms. The molecule has 2 rings (SSSR count). The molecule has 1 amide bonds. The second kappa shape index (κ2) is 3.81. The van der Waals surface area contributed by atoms with Gasteiger partial charge in [-0.05, 0) is 43.5 Å². The van der Waals surface area contributed by atoms with Gasteiger partial charge in [0.1, 0.15) is 5.82 Å². The van der Waals surface area contributed by atoms with Crippen molar-refractivity contribution in [2.75, 3.05) is 5.32 Å². The van der Waals surface area contributed by atoms with E-state index in [4.69, 9.17) is 5.73 Å². The molecule has 0 aliphatic carbocycles. The molecule has 3 N–H and O–H groups in total. The number of carbonyl (C=O) groups is 1. The number of hydrogen-bond donors (Lipinski definition) is 2. The molecular formula is C13H17FN2O. The highest BCUT2D eigenvalue weighted by Gasteiger charge is 2.40. The van der Waals surface area contributed by atoms with E-state index >= 15 is 0 Å². The molecule has 1 heterocycles. The van der Waals surface area contributed by atoms with E-state index in [9.17, 15) is 9.18 Å². The number of rotatable bonds is 2. The molecule has 0 saturated carbocycles. The van der Waals surface area contributed by atoms with Gasteiger partial charge < -0.3 is 11.1 Å². The Kier molecular flexibility index (Phi) is 2.70. The summed E-state index contributed by atoms with van der Waals surface area (Å²) in [5.41, 5.74) is 7.33. The van der Waals surface area contributed by atoms with Crippen LogP contribution in [0.2, 0.25) is 0 Å². The molecule has 1 aliphatic rings. The molecular weight excluding hydrogens is 219 g/mol. The van der Waals surface area contributed by atoms with Crippen molar-refractivity contribution in [2.24, 2.45) is 5.73 Å². The van der Waals surface area contributed by atoms with Crippen molar-refractivity contribution in [2.45, 2.75) is 38.6 Å². The van der Waals surface area contributed by atoms with Gasteiger partial charge in [-0.3, -0.25) is 4.79 Å². The molecule has 0 radical (unpaired) electrons. The van der Waals surface area contributed by atoms with E-state index in [-0.39, 0.29) is 17.8 Å². The van der Waals surface area contributed by atoms with Crippen LogP contribution in [0, 0.1) is 5.82 Å². The Bertz CT molecular complexity index is 483.